The van der Waals surface area contributed by atoms with Crippen molar-refractivity contribution in [3.05, 3.63) is 59.7 Å². The highest BCUT2D eigenvalue weighted by Crippen LogP contribution is 2.39. The van der Waals surface area contributed by atoms with Gasteiger partial charge in [0.2, 0.25) is 11.8 Å². The molecule has 6 heteroatoms. The van der Waals surface area contributed by atoms with Crippen LogP contribution in [-0.2, 0) is 16.0 Å². The second kappa shape index (κ2) is 8.61. The topological polar surface area (TPSA) is 59.1 Å². The van der Waals surface area contributed by atoms with Crippen LogP contribution < -0.4 is 9.47 Å². The predicted octanol–water partition coefficient (Wildman–Crippen LogP) is 3.21. The smallest absolute Gasteiger partial charge is 0.228 e. The Labute approximate surface area is 182 Å². The second-order valence-electron chi connectivity index (χ2n) is 8.57. The van der Waals surface area contributed by atoms with Gasteiger partial charge < -0.3 is 19.3 Å². The summed E-state index contributed by atoms with van der Waals surface area (Å²) in [6.07, 6.45) is 3.04. The van der Waals surface area contributed by atoms with Crippen LogP contribution in [0.25, 0.3) is 0 Å². The lowest BCUT2D eigenvalue weighted by Crippen LogP contribution is -2.37. The number of hydrogen-bond donors (Lipinski definition) is 0. The Bertz CT molecular complexity index is 961. The molecule has 0 spiro atoms. The molecule has 0 aromatic heterocycles. The van der Waals surface area contributed by atoms with Gasteiger partial charge in [0.05, 0.1) is 12.0 Å². The first-order valence-electron chi connectivity index (χ1n) is 11.2. The molecule has 5 rings (SSSR count). The van der Waals surface area contributed by atoms with Crippen LogP contribution in [0.5, 0.6) is 11.5 Å². The number of rotatable bonds is 5. The Morgan fingerprint density at radius 2 is 1.84 bits per heavy atom. The maximum atomic E-state index is 13.4. The van der Waals surface area contributed by atoms with Crippen molar-refractivity contribution in [2.75, 3.05) is 32.8 Å². The third kappa shape index (κ3) is 4.11. The monoisotopic (exact) mass is 420 g/mol. The van der Waals surface area contributed by atoms with E-state index in [1.807, 2.05) is 46.2 Å². The van der Waals surface area contributed by atoms with E-state index in [2.05, 4.69) is 12.1 Å². The number of carbonyl (C=O) groups is 2. The molecule has 2 saturated heterocycles. The third-order valence-electron chi connectivity index (χ3n) is 6.56. The van der Waals surface area contributed by atoms with Crippen LogP contribution in [0.1, 0.15) is 36.4 Å². The molecule has 2 aromatic rings. The van der Waals surface area contributed by atoms with E-state index in [1.54, 1.807) is 0 Å². The first kappa shape index (κ1) is 19.9. The van der Waals surface area contributed by atoms with E-state index in [9.17, 15) is 9.59 Å². The van der Waals surface area contributed by atoms with E-state index < -0.39 is 0 Å². The minimum Gasteiger partial charge on any atom is -0.486 e. The van der Waals surface area contributed by atoms with Crippen LogP contribution in [0, 0.1) is 5.92 Å². The molecule has 0 saturated carbocycles. The van der Waals surface area contributed by atoms with E-state index in [0.717, 1.165) is 42.9 Å². The molecule has 2 unspecified atom stereocenters. The highest BCUT2D eigenvalue weighted by Gasteiger charge is 2.40. The van der Waals surface area contributed by atoms with Crippen molar-refractivity contribution in [2.24, 2.45) is 5.92 Å². The molecule has 2 atom stereocenters. The van der Waals surface area contributed by atoms with Crippen LogP contribution in [-0.4, -0.2) is 54.5 Å². The summed E-state index contributed by atoms with van der Waals surface area (Å²) in [5, 5.41) is 0. The van der Waals surface area contributed by atoms with Gasteiger partial charge >= 0.3 is 0 Å². The van der Waals surface area contributed by atoms with Gasteiger partial charge in [0.1, 0.15) is 13.2 Å². The van der Waals surface area contributed by atoms with Gasteiger partial charge in [0, 0.05) is 26.1 Å². The quantitative estimate of drug-likeness (QED) is 0.745. The highest BCUT2D eigenvalue weighted by atomic mass is 16.6. The fourth-order valence-electron chi connectivity index (χ4n) is 4.94. The average molecular weight is 421 g/mol. The fraction of sp³-hybridized carbons (Fsp3) is 0.440. The van der Waals surface area contributed by atoms with Crippen molar-refractivity contribution < 1.29 is 19.1 Å². The first-order valence-corrected chi connectivity index (χ1v) is 11.2. The van der Waals surface area contributed by atoms with Crippen molar-refractivity contribution in [1.29, 1.82) is 0 Å². The molecule has 2 fully saturated rings. The maximum Gasteiger partial charge on any atom is 0.228 e. The lowest BCUT2D eigenvalue weighted by atomic mass is 10.0. The second-order valence-corrected chi connectivity index (χ2v) is 8.57. The van der Waals surface area contributed by atoms with E-state index in [-0.39, 0.29) is 23.8 Å². The molecule has 2 aromatic carbocycles. The van der Waals surface area contributed by atoms with Crippen LogP contribution in [0.2, 0.25) is 0 Å². The molecule has 31 heavy (non-hydrogen) atoms. The number of ether oxygens (including phenoxy) is 2. The van der Waals surface area contributed by atoms with Gasteiger partial charge in [0.15, 0.2) is 11.5 Å². The van der Waals surface area contributed by atoms with Gasteiger partial charge in [0.25, 0.3) is 0 Å². The zero-order valence-electron chi connectivity index (χ0n) is 17.7. The largest absolute Gasteiger partial charge is 0.486 e. The van der Waals surface area contributed by atoms with Crippen LogP contribution >= 0.6 is 0 Å². The summed E-state index contributed by atoms with van der Waals surface area (Å²) in [4.78, 5) is 29.8. The van der Waals surface area contributed by atoms with Crippen LogP contribution in [0.4, 0.5) is 0 Å². The predicted molar refractivity (Wildman–Crippen MR) is 116 cm³/mol. The number of nitrogens with zero attached hydrogens (tertiary/aromatic N) is 2. The Morgan fingerprint density at radius 1 is 1.03 bits per heavy atom. The Kier molecular flexibility index (Phi) is 5.53. The molecule has 2 amide bonds. The van der Waals surface area contributed by atoms with Crippen molar-refractivity contribution in [2.45, 2.75) is 31.7 Å². The molecule has 0 bridgehead atoms. The molecule has 3 aliphatic rings. The zero-order valence-corrected chi connectivity index (χ0v) is 17.7. The summed E-state index contributed by atoms with van der Waals surface area (Å²) in [5.74, 6) is 1.46. The highest BCUT2D eigenvalue weighted by molar-refractivity contribution is 5.89. The number of benzene rings is 2. The van der Waals surface area contributed by atoms with Gasteiger partial charge in [-0.05, 0) is 42.5 Å². The summed E-state index contributed by atoms with van der Waals surface area (Å²) < 4.78 is 11.4. The van der Waals surface area contributed by atoms with E-state index >= 15 is 0 Å². The van der Waals surface area contributed by atoms with E-state index in [0.29, 0.717) is 32.7 Å². The van der Waals surface area contributed by atoms with E-state index in [4.69, 9.17) is 9.47 Å². The minimum absolute atomic E-state index is 0.0387. The molecule has 0 N–H and O–H groups in total. The Morgan fingerprint density at radius 3 is 2.68 bits per heavy atom. The van der Waals surface area contributed by atoms with Crippen LogP contribution in [0.15, 0.2) is 48.5 Å². The number of carbonyl (C=O) groups excluding carboxylic acids is 2. The van der Waals surface area contributed by atoms with Crippen molar-refractivity contribution >= 4 is 11.8 Å². The normalized spacial score (nSPS) is 22.8. The zero-order chi connectivity index (χ0) is 21.2. The first-order chi connectivity index (χ1) is 15.2. The molecular formula is C25H28N2O4. The molecular weight excluding hydrogens is 392 g/mol. The number of amides is 2. The summed E-state index contributed by atoms with van der Waals surface area (Å²) >= 11 is 0. The standard InChI is InChI=1S/C25H28N2O4/c28-24-16-20(17-26(24)12-10-18-5-2-1-3-6-18)25(29)27-11-4-7-21(27)19-8-9-22-23(15-19)31-14-13-30-22/h1-3,5-6,8-9,15,20-21H,4,7,10-14,16-17H2. The maximum absolute atomic E-state index is 13.4. The lowest BCUT2D eigenvalue weighted by molar-refractivity contribution is -0.136. The fourth-order valence-corrected chi connectivity index (χ4v) is 4.94. The molecule has 0 radical (unpaired) electrons. The Hall–Kier alpha value is -3.02. The molecule has 3 heterocycles. The van der Waals surface area contributed by atoms with Gasteiger partial charge in [-0.3, -0.25) is 9.59 Å². The van der Waals surface area contributed by atoms with Crippen molar-refractivity contribution in [1.82, 2.24) is 9.80 Å². The van der Waals surface area contributed by atoms with Crippen LogP contribution in [0.3, 0.4) is 0 Å². The summed E-state index contributed by atoms with van der Waals surface area (Å²) in [7, 11) is 0. The van der Waals surface area contributed by atoms with E-state index in [1.165, 1.54) is 5.56 Å². The van der Waals surface area contributed by atoms with Gasteiger partial charge in [-0.2, -0.15) is 0 Å². The molecule has 3 aliphatic heterocycles. The Balaban J connectivity index is 1.24. The SMILES string of the molecule is O=C1CC(C(=O)N2CCCC2c2ccc3c(c2)OCCO3)CN1CCc1ccccc1. The van der Waals surface area contributed by atoms with Gasteiger partial charge in [-0.25, -0.2) is 0 Å². The van der Waals surface area contributed by atoms with Gasteiger partial charge in [-0.1, -0.05) is 36.4 Å². The molecule has 0 aliphatic carbocycles. The van der Waals surface area contributed by atoms with Crippen molar-refractivity contribution in [3.63, 3.8) is 0 Å². The lowest BCUT2D eigenvalue weighted by Gasteiger charge is -2.28. The number of likely N-dealkylation sites (tertiary alicyclic amines) is 2. The third-order valence-corrected chi connectivity index (χ3v) is 6.56. The average Bonchev–Trinajstić information content (AvgIpc) is 3.44. The minimum atomic E-state index is -0.249. The summed E-state index contributed by atoms with van der Waals surface area (Å²) in [5.41, 5.74) is 2.30. The van der Waals surface area contributed by atoms with Crippen molar-refractivity contribution in [3.8, 4) is 11.5 Å². The molecule has 162 valence electrons. The molecule has 6 nitrogen and oxygen atoms in total. The van der Waals surface area contributed by atoms with Gasteiger partial charge in [-0.15, -0.1) is 0 Å². The number of hydrogen-bond acceptors (Lipinski definition) is 4. The summed E-state index contributed by atoms with van der Waals surface area (Å²) in [6.45, 7) is 3.04. The summed E-state index contributed by atoms with van der Waals surface area (Å²) in [6, 6.07) is 16.2. The number of fused-ring (bicyclic) bond motifs is 1.